The molecule has 2 nitrogen and oxygen atoms in total. The summed E-state index contributed by atoms with van der Waals surface area (Å²) in [7, 11) is 0. The minimum absolute atomic E-state index is 0.201. The SMILES string of the molecule is CCN(CC)C12CC3CC(CC(N)(C3)C1)C2. The normalized spacial score (nSPS) is 50.2. The lowest BCUT2D eigenvalue weighted by atomic mass is 9.49. The number of nitrogens with two attached hydrogens (primary N) is 1. The van der Waals surface area contributed by atoms with Crippen LogP contribution < -0.4 is 5.73 Å². The van der Waals surface area contributed by atoms with Crippen molar-refractivity contribution in [2.24, 2.45) is 17.6 Å². The molecule has 2 N–H and O–H groups in total. The molecular formula is C14H26N2. The van der Waals surface area contributed by atoms with Crippen LogP contribution in [-0.4, -0.2) is 29.1 Å². The molecule has 0 aromatic rings. The van der Waals surface area contributed by atoms with E-state index in [4.69, 9.17) is 5.73 Å². The molecule has 2 unspecified atom stereocenters. The van der Waals surface area contributed by atoms with Crippen LogP contribution in [0.3, 0.4) is 0 Å². The van der Waals surface area contributed by atoms with Gasteiger partial charge in [-0.3, -0.25) is 4.90 Å². The van der Waals surface area contributed by atoms with E-state index in [2.05, 4.69) is 18.7 Å². The average Bonchev–Trinajstić information content (AvgIpc) is 2.14. The van der Waals surface area contributed by atoms with Gasteiger partial charge in [-0.05, 0) is 63.5 Å². The fourth-order valence-electron chi connectivity index (χ4n) is 5.55. The summed E-state index contributed by atoms with van der Waals surface area (Å²) in [5.74, 6) is 1.87. The molecule has 16 heavy (non-hydrogen) atoms. The van der Waals surface area contributed by atoms with Gasteiger partial charge in [0.25, 0.3) is 0 Å². The molecular weight excluding hydrogens is 196 g/mol. The molecule has 0 spiro atoms. The van der Waals surface area contributed by atoms with Crippen LogP contribution in [0.5, 0.6) is 0 Å². The van der Waals surface area contributed by atoms with E-state index in [1.165, 1.54) is 51.6 Å². The van der Waals surface area contributed by atoms with E-state index in [-0.39, 0.29) is 5.54 Å². The Bertz CT molecular complexity index is 268. The molecule has 2 heteroatoms. The Morgan fingerprint density at radius 1 is 1.06 bits per heavy atom. The molecule has 4 fully saturated rings. The van der Waals surface area contributed by atoms with Crippen molar-refractivity contribution in [3.63, 3.8) is 0 Å². The summed E-state index contributed by atoms with van der Waals surface area (Å²) in [4.78, 5) is 2.71. The lowest BCUT2D eigenvalue weighted by molar-refractivity contribution is -0.0958. The average molecular weight is 222 g/mol. The highest BCUT2D eigenvalue weighted by atomic mass is 15.2. The Balaban J connectivity index is 1.91. The van der Waals surface area contributed by atoms with Crippen molar-refractivity contribution < 1.29 is 0 Å². The van der Waals surface area contributed by atoms with Gasteiger partial charge >= 0.3 is 0 Å². The minimum Gasteiger partial charge on any atom is -0.325 e. The highest BCUT2D eigenvalue weighted by Gasteiger charge is 2.57. The number of hydrogen-bond acceptors (Lipinski definition) is 2. The maximum atomic E-state index is 6.63. The van der Waals surface area contributed by atoms with Crippen LogP contribution >= 0.6 is 0 Å². The van der Waals surface area contributed by atoms with Crippen molar-refractivity contribution in [1.29, 1.82) is 0 Å². The van der Waals surface area contributed by atoms with Crippen LogP contribution in [0.1, 0.15) is 52.4 Å². The van der Waals surface area contributed by atoms with Gasteiger partial charge in [0.05, 0.1) is 0 Å². The second kappa shape index (κ2) is 3.46. The number of hydrogen-bond donors (Lipinski definition) is 1. The summed E-state index contributed by atoms with van der Waals surface area (Å²) in [6.07, 6.45) is 8.24. The Hall–Kier alpha value is -0.0800. The molecule has 0 heterocycles. The topological polar surface area (TPSA) is 29.3 Å². The summed E-state index contributed by atoms with van der Waals surface area (Å²) in [6, 6.07) is 0. The van der Waals surface area contributed by atoms with Gasteiger partial charge < -0.3 is 5.73 Å². The van der Waals surface area contributed by atoms with E-state index < -0.39 is 0 Å². The van der Waals surface area contributed by atoms with Crippen molar-refractivity contribution in [1.82, 2.24) is 4.90 Å². The monoisotopic (exact) mass is 222 g/mol. The lowest BCUT2D eigenvalue weighted by Gasteiger charge is -2.64. The molecule has 92 valence electrons. The molecule has 0 aromatic carbocycles. The van der Waals surface area contributed by atoms with E-state index >= 15 is 0 Å². The first-order chi connectivity index (χ1) is 7.59. The summed E-state index contributed by atoms with van der Waals surface area (Å²) in [6.45, 7) is 7.02. The molecule has 0 saturated heterocycles. The highest BCUT2D eigenvalue weighted by molar-refractivity contribution is 5.14. The van der Waals surface area contributed by atoms with E-state index in [0.717, 1.165) is 11.8 Å². The Morgan fingerprint density at radius 2 is 1.62 bits per heavy atom. The van der Waals surface area contributed by atoms with Gasteiger partial charge in [0, 0.05) is 11.1 Å². The Morgan fingerprint density at radius 3 is 2.06 bits per heavy atom. The fraction of sp³-hybridized carbons (Fsp3) is 1.00. The summed E-state index contributed by atoms with van der Waals surface area (Å²) >= 11 is 0. The standard InChI is InChI=1S/C14H26N2/c1-3-16(4-2)14-8-11-5-12(9-14)7-13(15,6-11)10-14/h11-12H,3-10,15H2,1-2H3. The van der Waals surface area contributed by atoms with Crippen molar-refractivity contribution >= 4 is 0 Å². The molecule has 2 atom stereocenters. The second-order valence-electron chi connectivity index (χ2n) is 6.72. The van der Waals surface area contributed by atoms with Crippen molar-refractivity contribution in [3.8, 4) is 0 Å². The van der Waals surface area contributed by atoms with Crippen LogP contribution in [0.25, 0.3) is 0 Å². The second-order valence-corrected chi connectivity index (χ2v) is 6.72. The van der Waals surface area contributed by atoms with Gasteiger partial charge in [-0.25, -0.2) is 0 Å². The molecule has 0 radical (unpaired) electrons. The largest absolute Gasteiger partial charge is 0.325 e. The zero-order valence-corrected chi connectivity index (χ0v) is 10.8. The maximum Gasteiger partial charge on any atom is 0.0232 e. The molecule has 4 rings (SSSR count). The van der Waals surface area contributed by atoms with E-state index in [1.807, 2.05) is 0 Å². The maximum absolute atomic E-state index is 6.63. The van der Waals surface area contributed by atoms with Crippen molar-refractivity contribution in [2.75, 3.05) is 13.1 Å². The summed E-state index contributed by atoms with van der Waals surface area (Å²) in [5.41, 5.74) is 7.32. The smallest absolute Gasteiger partial charge is 0.0232 e. The van der Waals surface area contributed by atoms with Gasteiger partial charge in [0.1, 0.15) is 0 Å². The first-order valence-electron chi connectivity index (χ1n) is 7.13. The van der Waals surface area contributed by atoms with Crippen LogP contribution in [0.2, 0.25) is 0 Å². The van der Waals surface area contributed by atoms with Crippen LogP contribution in [0.15, 0.2) is 0 Å². The molecule has 0 aliphatic heterocycles. The predicted molar refractivity (Wildman–Crippen MR) is 67.3 cm³/mol. The number of nitrogens with zero attached hydrogens (tertiary/aromatic N) is 1. The summed E-state index contributed by atoms with van der Waals surface area (Å²) < 4.78 is 0. The van der Waals surface area contributed by atoms with E-state index in [1.54, 1.807) is 0 Å². The zero-order valence-electron chi connectivity index (χ0n) is 10.8. The summed E-state index contributed by atoms with van der Waals surface area (Å²) in [5, 5.41) is 0. The minimum atomic E-state index is 0.201. The Kier molecular flexibility index (Phi) is 2.38. The van der Waals surface area contributed by atoms with Crippen LogP contribution in [0, 0.1) is 11.8 Å². The predicted octanol–water partition coefficient (Wildman–Crippen LogP) is 2.38. The molecule has 0 amide bonds. The third kappa shape index (κ3) is 1.46. The van der Waals surface area contributed by atoms with Gasteiger partial charge in [0.15, 0.2) is 0 Å². The molecule has 0 aromatic heterocycles. The molecule has 4 bridgehead atoms. The first kappa shape index (κ1) is 11.0. The third-order valence-electron chi connectivity index (χ3n) is 5.51. The van der Waals surface area contributed by atoms with Gasteiger partial charge in [-0.15, -0.1) is 0 Å². The van der Waals surface area contributed by atoms with Gasteiger partial charge in [-0.1, -0.05) is 13.8 Å². The van der Waals surface area contributed by atoms with E-state index in [9.17, 15) is 0 Å². The van der Waals surface area contributed by atoms with Crippen LogP contribution in [0.4, 0.5) is 0 Å². The molecule has 4 aliphatic rings. The Labute approximate surface area is 99.6 Å². The molecule has 4 aliphatic carbocycles. The highest BCUT2D eigenvalue weighted by Crippen LogP contribution is 2.58. The fourth-order valence-corrected chi connectivity index (χ4v) is 5.55. The van der Waals surface area contributed by atoms with Gasteiger partial charge in [0.2, 0.25) is 0 Å². The third-order valence-corrected chi connectivity index (χ3v) is 5.51. The quantitative estimate of drug-likeness (QED) is 0.794. The van der Waals surface area contributed by atoms with E-state index in [0.29, 0.717) is 5.54 Å². The van der Waals surface area contributed by atoms with Gasteiger partial charge in [-0.2, -0.15) is 0 Å². The van der Waals surface area contributed by atoms with Crippen molar-refractivity contribution in [2.45, 2.75) is 63.5 Å². The number of rotatable bonds is 3. The first-order valence-corrected chi connectivity index (χ1v) is 7.13. The zero-order chi connectivity index (χ0) is 11.4. The van der Waals surface area contributed by atoms with Crippen molar-refractivity contribution in [3.05, 3.63) is 0 Å². The lowest BCUT2D eigenvalue weighted by Crippen LogP contribution is -2.68. The van der Waals surface area contributed by atoms with Crippen LogP contribution in [-0.2, 0) is 0 Å². The molecule has 4 saturated carbocycles.